The average molecular weight is 354 g/mol. The Bertz CT molecular complexity index is 589. The maximum atomic E-state index is 12.3. The van der Waals surface area contributed by atoms with E-state index in [0.717, 1.165) is 6.42 Å². The van der Waals surface area contributed by atoms with Crippen LogP contribution in [0.1, 0.15) is 38.3 Å². The molecule has 0 radical (unpaired) electrons. The van der Waals surface area contributed by atoms with Gasteiger partial charge in [0.15, 0.2) is 6.61 Å². The number of amides is 2. The summed E-state index contributed by atoms with van der Waals surface area (Å²) < 4.78 is 10.4. The van der Waals surface area contributed by atoms with E-state index in [4.69, 9.17) is 9.15 Å². The van der Waals surface area contributed by atoms with Crippen molar-refractivity contribution in [2.75, 3.05) is 12.4 Å². The highest BCUT2D eigenvalue weighted by molar-refractivity contribution is 7.99. The van der Waals surface area contributed by atoms with Crippen LogP contribution in [0.3, 0.4) is 0 Å². The zero-order chi connectivity index (χ0) is 17.7. The van der Waals surface area contributed by atoms with E-state index >= 15 is 0 Å². The van der Waals surface area contributed by atoms with Crippen molar-refractivity contribution in [2.45, 2.75) is 44.6 Å². The van der Waals surface area contributed by atoms with E-state index in [1.807, 2.05) is 13.8 Å². The van der Waals surface area contributed by atoms with Crippen molar-refractivity contribution in [1.82, 2.24) is 10.2 Å². The van der Waals surface area contributed by atoms with Crippen LogP contribution in [0.25, 0.3) is 0 Å². The number of carbonyl (C=O) groups is 3. The molecule has 1 saturated heterocycles. The zero-order valence-corrected chi connectivity index (χ0v) is 14.8. The molecule has 2 rings (SSSR count). The monoisotopic (exact) mass is 354 g/mol. The molecule has 0 spiro atoms. The number of carbonyl (C=O) groups excluding carboxylic acids is 3. The normalized spacial score (nSPS) is 21.4. The summed E-state index contributed by atoms with van der Waals surface area (Å²) in [7, 11) is 0. The Labute approximate surface area is 145 Å². The van der Waals surface area contributed by atoms with Gasteiger partial charge in [-0.1, -0.05) is 6.92 Å². The summed E-state index contributed by atoms with van der Waals surface area (Å²) in [5, 5.41) is 2.37. The van der Waals surface area contributed by atoms with Crippen molar-refractivity contribution in [3.8, 4) is 0 Å². The Morgan fingerprint density at radius 2 is 2.25 bits per heavy atom. The standard InChI is InChI=1S/C16H22N2O5S/c1-4-10(2)17-14(20)8-23-16(21)12-9-24-15(18(12)11(3)19)13-6-5-7-22-13/h5-7,10,12,15H,4,8-9H2,1-3H3,(H,17,20)/t10-,12-,15-/m1/s1. The molecule has 1 aliphatic heterocycles. The fourth-order valence-electron chi connectivity index (χ4n) is 2.37. The molecule has 0 aliphatic carbocycles. The predicted molar refractivity (Wildman–Crippen MR) is 89.1 cm³/mol. The van der Waals surface area contributed by atoms with E-state index in [0.29, 0.717) is 11.5 Å². The van der Waals surface area contributed by atoms with Crippen LogP contribution >= 0.6 is 11.8 Å². The van der Waals surface area contributed by atoms with E-state index in [1.54, 1.807) is 12.1 Å². The molecule has 0 saturated carbocycles. The molecule has 2 heterocycles. The van der Waals surface area contributed by atoms with Gasteiger partial charge in [0.2, 0.25) is 5.91 Å². The van der Waals surface area contributed by atoms with Gasteiger partial charge in [0.25, 0.3) is 5.91 Å². The second-order valence-corrected chi connectivity index (χ2v) is 6.74. The number of hydrogen-bond donors (Lipinski definition) is 1. The Kier molecular flexibility index (Phi) is 6.30. The van der Waals surface area contributed by atoms with E-state index < -0.39 is 12.0 Å². The lowest BCUT2D eigenvalue weighted by molar-refractivity contribution is -0.156. The molecule has 8 heteroatoms. The summed E-state index contributed by atoms with van der Waals surface area (Å²) in [5.74, 6) is -0.157. The quantitative estimate of drug-likeness (QED) is 0.782. The van der Waals surface area contributed by atoms with E-state index in [2.05, 4.69) is 5.32 Å². The van der Waals surface area contributed by atoms with Gasteiger partial charge in [-0.3, -0.25) is 9.59 Å². The van der Waals surface area contributed by atoms with Gasteiger partial charge in [0, 0.05) is 18.7 Å². The maximum Gasteiger partial charge on any atom is 0.330 e. The molecule has 0 bridgehead atoms. The van der Waals surface area contributed by atoms with Crippen molar-refractivity contribution in [1.29, 1.82) is 0 Å². The molecule has 1 fully saturated rings. The van der Waals surface area contributed by atoms with Gasteiger partial charge < -0.3 is 19.4 Å². The number of furan rings is 1. The summed E-state index contributed by atoms with van der Waals surface area (Å²) in [5.41, 5.74) is 0. The molecule has 0 aromatic carbocycles. The first kappa shape index (κ1) is 18.4. The Hall–Kier alpha value is -1.96. The zero-order valence-electron chi connectivity index (χ0n) is 14.0. The second kappa shape index (κ2) is 8.23. The fraction of sp³-hybridized carbons (Fsp3) is 0.562. The molecule has 0 unspecified atom stereocenters. The Morgan fingerprint density at radius 1 is 1.50 bits per heavy atom. The van der Waals surface area contributed by atoms with Gasteiger partial charge >= 0.3 is 5.97 Å². The predicted octanol–water partition coefficient (Wildman–Crippen LogP) is 1.70. The highest BCUT2D eigenvalue weighted by atomic mass is 32.2. The SMILES string of the molecule is CC[C@@H](C)NC(=O)COC(=O)[C@H]1CS[C@H](c2ccco2)N1C(C)=O. The third kappa shape index (κ3) is 4.31. The number of hydrogen-bond acceptors (Lipinski definition) is 6. The number of ether oxygens (including phenoxy) is 1. The van der Waals surface area contributed by atoms with Gasteiger partial charge in [0.05, 0.1) is 6.26 Å². The summed E-state index contributed by atoms with van der Waals surface area (Å²) >= 11 is 1.43. The number of rotatable bonds is 6. The average Bonchev–Trinajstić information content (AvgIpc) is 3.20. The van der Waals surface area contributed by atoms with Gasteiger partial charge in [-0.2, -0.15) is 0 Å². The summed E-state index contributed by atoms with van der Waals surface area (Å²) in [6, 6.07) is 2.80. The topological polar surface area (TPSA) is 88.8 Å². The number of nitrogens with one attached hydrogen (secondary N) is 1. The third-order valence-electron chi connectivity index (χ3n) is 3.79. The summed E-state index contributed by atoms with van der Waals surface area (Å²) in [6.45, 7) is 4.88. The molecule has 2 amide bonds. The molecule has 1 N–H and O–H groups in total. The minimum absolute atomic E-state index is 0.0234. The second-order valence-electron chi connectivity index (χ2n) is 5.63. The third-order valence-corrected chi connectivity index (χ3v) is 5.07. The molecule has 7 nitrogen and oxygen atoms in total. The van der Waals surface area contributed by atoms with E-state index in [1.165, 1.54) is 29.8 Å². The first-order chi connectivity index (χ1) is 11.4. The van der Waals surface area contributed by atoms with Gasteiger partial charge in [-0.15, -0.1) is 11.8 Å². The van der Waals surface area contributed by atoms with Crippen molar-refractivity contribution < 1.29 is 23.5 Å². The van der Waals surface area contributed by atoms with Crippen LogP contribution in [0.2, 0.25) is 0 Å². The number of nitrogens with zero attached hydrogens (tertiary/aromatic N) is 1. The molecule has 1 aromatic rings. The first-order valence-corrected chi connectivity index (χ1v) is 8.88. The molecule has 3 atom stereocenters. The minimum Gasteiger partial charge on any atom is -0.466 e. The highest BCUT2D eigenvalue weighted by Gasteiger charge is 2.43. The van der Waals surface area contributed by atoms with Crippen LogP contribution < -0.4 is 5.32 Å². The van der Waals surface area contributed by atoms with E-state index in [-0.39, 0.29) is 29.8 Å². The van der Waals surface area contributed by atoms with Crippen LogP contribution in [-0.2, 0) is 19.1 Å². The molecular formula is C16H22N2O5S. The maximum absolute atomic E-state index is 12.3. The van der Waals surface area contributed by atoms with Crippen molar-refractivity contribution in [2.24, 2.45) is 0 Å². The Balaban J connectivity index is 1.96. The van der Waals surface area contributed by atoms with Crippen LogP contribution in [0, 0.1) is 0 Å². The van der Waals surface area contributed by atoms with Crippen LogP contribution in [0.15, 0.2) is 22.8 Å². The smallest absolute Gasteiger partial charge is 0.330 e. The molecule has 132 valence electrons. The van der Waals surface area contributed by atoms with Gasteiger partial charge in [-0.05, 0) is 25.5 Å². The lowest BCUT2D eigenvalue weighted by Crippen LogP contribution is -2.44. The fourth-order valence-corrected chi connectivity index (χ4v) is 3.79. The van der Waals surface area contributed by atoms with E-state index in [9.17, 15) is 14.4 Å². The number of esters is 1. The van der Waals surface area contributed by atoms with Crippen LogP contribution in [-0.4, -0.2) is 47.1 Å². The van der Waals surface area contributed by atoms with Crippen molar-refractivity contribution >= 4 is 29.5 Å². The van der Waals surface area contributed by atoms with Crippen molar-refractivity contribution in [3.05, 3.63) is 24.2 Å². The lowest BCUT2D eigenvalue weighted by Gasteiger charge is -2.25. The molecular weight excluding hydrogens is 332 g/mol. The molecule has 1 aliphatic rings. The van der Waals surface area contributed by atoms with Gasteiger partial charge in [0.1, 0.15) is 17.2 Å². The summed E-state index contributed by atoms with van der Waals surface area (Å²) in [6.07, 6.45) is 2.32. The molecule has 1 aromatic heterocycles. The summed E-state index contributed by atoms with van der Waals surface area (Å²) in [4.78, 5) is 37.4. The molecule has 24 heavy (non-hydrogen) atoms. The van der Waals surface area contributed by atoms with Crippen LogP contribution in [0.4, 0.5) is 0 Å². The van der Waals surface area contributed by atoms with Crippen LogP contribution in [0.5, 0.6) is 0 Å². The minimum atomic E-state index is -0.723. The first-order valence-electron chi connectivity index (χ1n) is 7.84. The van der Waals surface area contributed by atoms with Gasteiger partial charge in [-0.25, -0.2) is 4.79 Å². The lowest BCUT2D eigenvalue weighted by atomic mass is 10.2. The largest absolute Gasteiger partial charge is 0.466 e. The van der Waals surface area contributed by atoms with Crippen molar-refractivity contribution in [3.63, 3.8) is 0 Å². The Morgan fingerprint density at radius 3 is 2.83 bits per heavy atom. The number of thioether (sulfide) groups is 1. The highest BCUT2D eigenvalue weighted by Crippen LogP contribution is 2.41.